The first-order valence-electron chi connectivity index (χ1n) is 6.46. The molecule has 1 heterocycles. The van der Waals surface area contributed by atoms with Gasteiger partial charge in [-0.3, -0.25) is 0 Å². The number of rotatable bonds is 3. The normalized spacial score (nSPS) is 12.1. The maximum Gasteiger partial charge on any atom is 0.141 e. The summed E-state index contributed by atoms with van der Waals surface area (Å²) in [7, 11) is 0. The lowest BCUT2D eigenvalue weighted by molar-refractivity contribution is 0.0646. The predicted octanol–water partition coefficient (Wildman–Crippen LogP) is 2.79. The van der Waals surface area contributed by atoms with E-state index in [1.54, 1.807) is 26.0 Å². The van der Waals surface area contributed by atoms with Crippen molar-refractivity contribution in [1.82, 2.24) is 9.55 Å². The third-order valence-electron chi connectivity index (χ3n) is 2.97. The van der Waals surface area contributed by atoms with Crippen LogP contribution in [-0.4, -0.2) is 14.7 Å². The van der Waals surface area contributed by atoms with E-state index in [-0.39, 0.29) is 0 Å². The molecule has 0 atom stereocenters. The number of nitrogens with zero attached hydrogens (tertiary/aromatic N) is 3. The van der Waals surface area contributed by atoms with Gasteiger partial charge in [-0.15, -0.1) is 0 Å². The molecule has 0 aliphatic heterocycles. The number of benzene rings is 1. The Morgan fingerprint density at radius 2 is 2.11 bits per heavy atom. The van der Waals surface area contributed by atoms with Gasteiger partial charge in [-0.2, -0.15) is 5.26 Å². The molecule has 0 aliphatic rings. The van der Waals surface area contributed by atoms with E-state index in [4.69, 9.17) is 5.26 Å². The summed E-state index contributed by atoms with van der Waals surface area (Å²) in [6, 6.07) is 7.57. The van der Waals surface area contributed by atoms with Crippen LogP contribution >= 0.6 is 0 Å². The van der Waals surface area contributed by atoms with Crippen LogP contribution in [-0.2, 0) is 12.1 Å². The van der Waals surface area contributed by atoms with Crippen LogP contribution in [0.4, 0.5) is 0 Å². The zero-order chi connectivity index (χ0) is 14.2. The van der Waals surface area contributed by atoms with Gasteiger partial charge in [-0.1, -0.05) is 13.8 Å². The van der Waals surface area contributed by atoms with Crippen molar-refractivity contribution in [2.45, 2.75) is 39.8 Å². The van der Waals surface area contributed by atoms with Crippen LogP contribution in [0.2, 0.25) is 0 Å². The summed E-state index contributed by atoms with van der Waals surface area (Å²) < 4.78 is 2.04. The molecule has 0 radical (unpaired) electrons. The van der Waals surface area contributed by atoms with Crippen molar-refractivity contribution in [2.24, 2.45) is 5.92 Å². The minimum atomic E-state index is -0.999. The minimum Gasteiger partial charge on any atom is -0.383 e. The van der Waals surface area contributed by atoms with Gasteiger partial charge in [-0.25, -0.2) is 4.98 Å². The number of aliphatic hydroxyl groups is 1. The zero-order valence-corrected chi connectivity index (χ0v) is 11.8. The summed E-state index contributed by atoms with van der Waals surface area (Å²) >= 11 is 0. The third-order valence-corrected chi connectivity index (χ3v) is 2.97. The minimum absolute atomic E-state index is 0.453. The fraction of sp³-hybridized carbons (Fsp3) is 0.467. The zero-order valence-electron chi connectivity index (χ0n) is 11.8. The van der Waals surface area contributed by atoms with Crippen molar-refractivity contribution in [2.75, 3.05) is 0 Å². The van der Waals surface area contributed by atoms with Gasteiger partial charge < -0.3 is 9.67 Å². The molecule has 1 aromatic carbocycles. The Morgan fingerprint density at radius 1 is 1.42 bits per heavy atom. The van der Waals surface area contributed by atoms with Gasteiger partial charge >= 0.3 is 0 Å². The first kappa shape index (κ1) is 13.6. The highest BCUT2D eigenvalue weighted by Crippen LogP contribution is 2.26. The van der Waals surface area contributed by atoms with Gasteiger partial charge in [0.25, 0.3) is 0 Å². The highest BCUT2D eigenvalue weighted by molar-refractivity contribution is 5.78. The second-order valence-electron chi connectivity index (χ2n) is 5.81. The summed E-state index contributed by atoms with van der Waals surface area (Å²) in [6.07, 6.45) is 0. The lowest BCUT2D eigenvalue weighted by Gasteiger charge is -2.20. The van der Waals surface area contributed by atoms with E-state index in [9.17, 15) is 5.11 Å². The Morgan fingerprint density at radius 3 is 2.63 bits per heavy atom. The Bertz CT molecular complexity index is 642. The maximum atomic E-state index is 10.3. The summed E-state index contributed by atoms with van der Waals surface area (Å²) in [5.74, 6) is 1.10. The van der Waals surface area contributed by atoms with Gasteiger partial charge in [-0.05, 0) is 38.0 Å². The number of aromatic nitrogens is 2. The van der Waals surface area contributed by atoms with E-state index in [0.29, 0.717) is 17.3 Å². The van der Waals surface area contributed by atoms with Gasteiger partial charge in [0.15, 0.2) is 0 Å². The van der Waals surface area contributed by atoms with Gasteiger partial charge in [0, 0.05) is 6.54 Å². The molecular formula is C15H19N3O. The maximum absolute atomic E-state index is 10.3. The molecule has 2 aromatic rings. The summed E-state index contributed by atoms with van der Waals surface area (Å²) in [5, 5.41) is 19.2. The van der Waals surface area contributed by atoms with E-state index >= 15 is 0 Å². The average Bonchev–Trinajstić information content (AvgIpc) is 2.66. The smallest absolute Gasteiger partial charge is 0.141 e. The predicted molar refractivity (Wildman–Crippen MR) is 74.5 cm³/mol. The summed E-state index contributed by atoms with van der Waals surface area (Å²) in [6.45, 7) is 8.52. The molecule has 0 spiro atoms. The average molecular weight is 257 g/mol. The van der Waals surface area contributed by atoms with Crippen molar-refractivity contribution in [3.05, 3.63) is 29.6 Å². The molecule has 1 N–H and O–H groups in total. The van der Waals surface area contributed by atoms with Crippen molar-refractivity contribution >= 4 is 11.0 Å². The molecule has 0 unspecified atom stereocenters. The van der Waals surface area contributed by atoms with E-state index in [1.165, 1.54) is 0 Å². The van der Waals surface area contributed by atoms with E-state index in [2.05, 4.69) is 24.9 Å². The number of fused-ring (bicyclic) bond motifs is 1. The molecule has 4 nitrogen and oxygen atoms in total. The quantitative estimate of drug-likeness (QED) is 0.919. The Hall–Kier alpha value is -1.86. The van der Waals surface area contributed by atoms with Crippen molar-refractivity contribution in [3.63, 3.8) is 0 Å². The number of imidazole rings is 1. The van der Waals surface area contributed by atoms with Crippen LogP contribution in [0.25, 0.3) is 11.0 Å². The molecule has 0 amide bonds. The number of hydrogen-bond acceptors (Lipinski definition) is 3. The molecule has 0 fully saturated rings. The first-order chi connectivity index (χ1) is 8.82. The largest absolute Gasteiger partial charge is 0.383 e. The molecule has 2 rings (SSSR count). The summed E-state index contributed by atoms with van der Waals surface area (Å²) in [5.41, 5.74) is 1.31. The summed E-state index contributed by atoms with van der Waals surface area (Å²) in [4.78, 5) is 4.51. The fourth-order valence-electron chi connectivity index (χ4n) is 2.22. The van der Waals surface area contributed by atoms with Crippen molar-refractivity contribution < 1.29 is 5.11 Å². The third kappa shape index (κ3) is 2.61. The van der Waals surface area contributed by atoms with Crippen LogP contribution in [0.5, 0.6) is 0 Å². The molecule has 0 saturated heterocycles. The molecule has 0 aliphatic carbocycles. The van der Waals surface area contributed by atoms with Crippen LogP contribution in [0.15, 0.2) is 18.2 Å². The molecule has 4 heteroatoms. The Kier molecular flexibility index (Phi) is 3.34. The van der Waals surface area contributed by atoms with Crippen molar-refractivity contribution in [1.29, 1.82) is 5.26 Å². The Labute approximate surface area is 113 Å². The van der Waals surface area contributed by atoms with Crippen LogP contribution in [0.3, 0.4) is 0 Å². The molecule has 0 bridgehead atoms. The van der Waals surface area contributed by atoms with Crippen LogP contribution < -0.4 is 0 Å². The fourth-order valence-corrected chi connectivity index (χ4v) is 2.22. The Balaban J connectivity index is 2.70. The second-order valence-corrected chi connectivity index (χ2v) is 5.81. The topological polar surface area (TPSA) is 61.8 Å². The van der Waals surface area contributed by atoms with Gasteiger partial charge in [0.05, 0.1) is 22.7 Å². The van der Waals surface area contributed by atoms with Crippen LogP contribution in [0, 0.1) is 17.2 Å². The molecule has 100 valence electrons. The second kappa shape index (κ2) is 4.67. The lowest BCUT2D eigenvalue weighted by Crippen LogP contribution is -2.23. The lowest BCUT2D eigenvalue weighted by atomic mass is 10.1. The molecule has 0 saturated carbocycles. The number of nitriles is 1. The van der Waals surface area contributed by atoms with E-state index in [0.717, 1.165) is 17.6 Å². The van der Waals surface area contributed by atoms with Crippen LogP contribution in [0.1, 0.15) is 39.1 Å². The van der Waals surface area contributed by atoms with E-state index < -0.39 is 5.60 Å². The van der Waals surface area contributed by atoms with Gasteiger partial charge in [0.2, 0.25) is 0 Å². The highest BCUT2D eigenvalue weighted by atomic mass is 16.3. The monoisotopic (exact) mass is 257 g/mol. The SMILES string of the molecule is CC(C)Cn1c(C(C)(C)O)nc2cc(C#N)ccc21. The number of hydrogen-bond donors (Lipinski definition) is 1. The van der Waals surface area contributed by atoms with E-state index in [1.807, 2.05) is 10.6 Å². The van der Waals surface area contributed by atoms with Crippen molar-refractivity contribution in [3.8, 4) is 6.07 Å². The highest BCUT2D eigenvalue weighted by Gasteiger charge is 2.25. The molecule has 19 heavy (non-hydrogen) atoms. The molecular weight excluding hydrogens is 238 g/mol. The molecule has 1 aromatic heterocycles. The standard InChI is InChI=1S/C15H19N3O/c1-10(2)9-18-13-6-5-11(8-16)7-12(13)17-14(18)15(3,4)19/h5-7,10,19H,9H2,1-4H3. The first-order valence-corrected chi connectivity index (χ1v) is 6.46. The van der Waals surface area contributed by atoms with Gasteiger partial charge in [0.1, 0.15) is 11.4 Å².